The molecule has 1 rings (SSSR count). The van der Waals surface area contributed by atoms with Gasteiger partial charge in [-0.25, -0.2) is 0 Å². The van der Waals surface area contributed by atoms with Crippen LogP contribution < -0.4 is 5.73 Å². The van der Waals surface area contributed by atoms with E-state index in [-0.39, 0.29) is 29.4 Å². The molecule has 0 aliphatic rings. The first-order valence-corrected chi connectivity index (χ1v) is 5.95. The van der Waals surface area contributed by atoms with Crippen LogP contribution in [-0.4, -0.2) is 23.1 Å². The standard InChI is InChI=1S/C13H18N2O5.ClH/c1-7-5-6-8(15(18)19)9(10(7)16)11(14)13(2,3)12(17)20-4;/h5-6,11,16H,14H2,1-4H3;1H/t11-;/m1./s1. The molecule has 0 saturated carbocycles. The zero-order valence-corrected chi connectivity index (χ0v) is 13.1. The SMILES string of the molecule is COC(=O)C(C)(C)[C@H](N)c1c([N+](=O)[O-])ccc(C)c1O.Cl. The Morgan fingerprint density at radius 1 is 1.48 bits per heavy atom. The summed E-state index contributed by atoms with van der Waals surface area (Å²) in [5, 5.41) is 21.2. The molecule has 0 saturated heterocycles. The minimum absolute atomic E-state index is 0. The van der Waals surface area contributed by atoms with Gasteiger partial charge in [-0.3, -0.25) is 14.9 Å². The van der Waals surface area contributed by atoms with Crippen molar-refractivity contribution in [2.75, 3.05) is 7.11 Å². The van der Waals surface area contributed by atoms with Gasteiger partial charge in [0.2, 0.25) is 0 Å². The zero-order chi connectivity index (χ0) is 15.7. The van der Waals surface area contributed by atoms with Crippen LogP contribution in [0.15, 0.2) is 12.1 Å². The quantitative estimate of drug-likeness (QED) is 0.499. The van der Waals surface area contributed by atoms with Gasteiger partial charge in [0.05, 0.1) is 29.1 Å². The van der Waals surface area contributed by atoms with E-state index >= 15 is 0 Å². The van der Waals surface area contributed by atoms with Crippen LogP contribution in [-0.2, 0) is 9.53 Å². The largest absolute Gasteiger partial charge is 0.507 e. The lowest BCUT2D eigenvalue weighted by molar-refractivity contribution is -0.386. The van der Waals surface area contributed by atoms with Crippen LogP contribution in [0, 0.1) is 22.5 Å². The summed E-state index contributed by atoms with van der Waals surface area (Å²) < 4.78 is 4.66. The predicted molar refractivity (Wildman–Crippen MR) is 79.5 cm³/mol. The molecule has 0 aliphatic heterocycles. The zero-order valence-electron chi connectivity index (χ0n) is 12.2. The number of nitro groups is 1. The summed E-state index contributed by atoms with van der Waals surface area (Å²) in [5.74, 6) is -0.885. The topological polar surface area (TPSA) is 116 Å². The molecular formula is C13H19ClN2O5. The Bertz CT molecular complexity index is 560. The van der Waals surface area contributed by atoms with Crippen molar-refractivity contribution in [3.05, 3.63) is 33.4 Å². The van der Waals surface area contributed by atoms with Gasteiger partial charge >= 0.3 is 5.97 Å². The third-order valence-electron chi connectivity index (χ3n) is 3.39. The maximum Gasteiger partial charge on any atom is 0.313 e. The fourth-order valence-electron chi connectivity index (χ4n) is 1.92. The van der Waals surface area contributed by atoms with Gasteiger partial charge < -0.3 is 15.6 Å². The number of phenols is 1. The number of benzene rings is 1. The van der Waals surface area contributed by atoms with E-state index in [1.54, 1.807) is 6.92 Å². The number of rotatable bonds is 4. The maximum absolute atomic E-state index is 11.8. The number of aromatic hydroxyl groups is 1. The fourth-order valence-corrected chi connectivity index (χ4v) is 1.92. The average Bonchev–Trinajstić information content (AvgIpc) is 2.39. The number of ether oxygens (including phenoxy) is 1. The van der Waals surface area contributed by atoms with Crippen LogP contribution in [0.1, 0.15) is 31.0 Å². The molecule has 0 amide bonds. The number of phenolic OH excluding ortho intramolecular Hbond substituents is 1. The second-order valence-electron chi connectivity index (χ2n) is 5.11. The van der Waals surface area contributed by atoms with Crippen molar-refractivity contribution in [3.63, 3.8) is 0 Å². The van der Waals surface area contributed by atoms with Crippen LogP contribution in [0.3, 0.4) is 0 Å². The van der Waals surface area contributed by atoms with Gasteiger partial charge in [-0.15, -0.1) is 12.4 Å². The third-order valence-corrected chi connectivity index (χ3v) is 3.39. The molecule has 0 unspecified atom stereocenters. The average molecular weight is 319 g/mol. The van der Waals surface area contributed by atoms with Crippen molar-refractivity contribution in [1.82, 2.24) is 0 Å². The number of nitrogens with zero attached hydrogens (tertiary/aromatic N) is 1. The van der Waals surface area contributed by atoms with Gasteiger partial charge in [-0.2, -0.15) is 0 Å². The number of esters is 1. The highest BCUT2D eigenvalue weighted by molar-refractivity contribution is 5.85. The van der Waals surface area contributed by atoms with E-state index < -0.39 is 22.3 Å². The van der Waals surface area contributed by atoms with Gasteiger partial charge in [-0.1, -0.05) is 0 Å². The Morgan fingerprint density at radius 3 is 2.43 bits per heavy atom. The summed E-state index contributed by atoms with van der Waals surface area (Å²) in [7, 11) is 1.21. The number of aryl methyl sites for hydroxylation is 1. The van der Waals surface area contributed by atoms with Gasteiger partial charge in [-0.05, 0) is 32.4 Å². The summed E-state index contributed by atoms with van der Waals surface area (Å²) in [6.45, 7) is 4.62. The molecule has 0 fully saturated rings. The van der Waals surface area contributed by atoms with Crippen LogP contribution in [0.25, 0.3) is 0 Å². The number of methoxy groups -OCH3 is 1. The lowest BCUT2D eigenvalue weighted by atomic mass is 9.79. The van der Waals surface area contributed by atoms with Gasteiger partial charge in [0.25, 0.3) is 5.69 Å². The lowest BCUT2D eigenvalue weighted by Crippen LogP contribution is -2.37. The monoisotopic (exact) mass is 318 g/mol. The predicted octanol–water partition coefficient (Wildman–Crippen LogP) is 2.23. The molecule has 21 heavy (non-hydrogen) atoms. The molecule has 1 atom stereocenters. The van der Waals surface area contributed by atoms with Gasteiger partial charge in [0, 0.05) is 6.07 Å². The van der Waals surface area contributed by atoms with Crippen molar-refractivity contribution < 1.29 is 19.6 Å². The first-order chi connectivity index (χ1) is 9.14. The Kier molecular flexibility index (Phi) is 6.13. The van der Waals surface area contributed by atoms with Crippen LogP contribution in [0.5, 0.6) is 5.75 Å². The van der Waals surface area contributed by atoms with Crippen molar-refractivity contribution in [3.8, 4) is 5.75 Å². The minimum atomic E-state index is -1.22. The number of hydrogen-bond acceptors (Lipinski definition) is 6. The summed E-state index contributed by atoms with van der Waals surface area (Å²) in [5.41, 5.74) is 4.83. The highest BCUT2D eigenvalue weighted by Gasteiger charge is 2.41. The van der Waals surface area contributed by atoms with Crippen molar-refractivity contribution in [2.45, 2.75) is 26.8 Å². The molecule has 0 spiro atoms. The van der Waals surface area contributed by atoms with E-state index in [1.165, 1.54) is 33.1 Å². The van der Waals surface area contributed by atoms with Gasteiger partial charge in [0.1, 0.15) is 5.75 Å². The second-order valence-corrected chi connectivity index (χ2v) is 5.11. The van der Waals surface area contributed by atoms with Crippen LogP contribution in [0.4, 0.5) is 5.69 Å². The molecule has 0 bridgehead atoms. The lowest BCUT2D eigenvalue weighted by Gasteiger charge is -2.29. The molecule has 1 aromatic carbocycles. The molecule has 3 N–H and O–H groups in total. The third kappa shape index (κ3) is 3.43. The Morgan fingerprint density at radius 2 is 2.00 bits per heavy atom. The van der Waals surface area contributed by atoms with Gasteiger partial charge in [0.15, 0.2) is 0 Å². The van der Waals surface area contributed by atoms with E-state index in [1.807, 2.05) is 0 Å². The Balaban J connectivity index is 0.00000400. The van der Waals surface area contributed by atoms with Crippen LogP contribution in [0.2, 0.25) is 0 Å². The van der Waals surface area contributed by atoms with Crippen molar-refractivity contribution in [1.29, 1.82) is 0 Å². The van der Waals surface area contributed by atoms with E-state index in [0.717, 1.165) is 0 Å². The van der Waals surface area contributed by atoms with Crippen molar-refractivity contribution in [2.24, 2.45) is 11.1 Å². The summed E-state index contributed by atoms with van der Waals surface area (Å²) in [6, 6.07) is 1.61. The molecule has 118 valence electrons. The molecule has 8 heteroatoms. The highest BCUT2D eigenvalue weighted by Crippen LogP contribution is 2.42. The van der Waals surface area contributed by atoms with E-state index in [9.17, 15) is 20.0 Å². The summed E-state index contributed by atoms with van der Waals surface area (Å²) >= 11 is 0. The molecule has 0 aromatic heterocycles. The van der Waals surface area contributed by atoms with Crippen molar-refractivity contribution >= 4 is 24.1 Å². The summed E-state index contributed by atoms with van der Waals surface area (Å²) in [4.78, 5) is 22.2. The highest BCUT2D eigenvalue weighted by atomic mass is 35.5. The first kappa shape index (κ1) is 19.1. The second kappa shape index (κ2) is 6.73. The Hall–Kier alpha value is -1.86. The number of nitro benzene ring substituents is 1. The molecular weight excluding hydrogens is 300 g/mol. The smallest absolute Gasteiger partial charge is 0.313 e. The minimum Gasteiger partial charge on any atom is -0.507 e. The number of nitrogens with two attached hydrogens (primary N) is 1. The fraction of sp³-hybridized carbons (Fsp3) is 0.462. The molecule has 0 heterocycles. The van der Waals surface area contributed by atoms with E-state index in [2.05, 4.69) is 4.74 Å². The number of halogens is 1. The molecule has 7 nitrogen and oxygen atoms in total. The molecule has 1 aromatic rings. The summed E-state index contributed by atoms with van der Waals surface area (Å²) in [6.07, 6.45) is 0. The Labute approximate surface area is 128 Å². The number of carbonyl (C=O) groups excluding carboxylic acids is 1. The number of hydrogen-bond donors (Lipinski definition) is 2. The van der Waals surface area contributed by atoms with Crippen LogP contribution >= 0.6 is 12.4 Å². The molecule has 0 aliphatic carbocycles. The van der Waals surface area contributed by atoms with E-state index in [0.29, 0.717) is 5.56 Å². The number of carbonyl (C=O) groups is 1. The normalized spacial score (nSPS) is 12.2. The maximum atomic E-state index is 11.8. The first-order valence-electron chi connectivity index (χ1n) is 5.95. The van der Waals surface area contributed by atoms with E-state index in [4.69, 9.17) is 5.73 Å². The molecule has 0 radical (unpaired) electrons.